The Balaban J connectivity index is 1.86. The fraction of sp³-hybridized carbons (Fsp3) is 0.222. The maximum absolute atomic E-state index is 12.0. The molecule has 120 valence electrons. The van der Waals surface area contributed by atoms with Crippen LogP contribution >= 0.6 is 15.9 Å². The van der Waals surface area contributed by atoms with E-state index in [0.717, 1.165) is 16.5 Å². The second kappa shape index (κ2) is 8.48. The van der Waals surface area contributed by atoms with Gasteiger partial charge in [0.15, 0.2) is 6.10 Å². The van der Waals surface area contributed by atoms with Crippen LogP contribution in [0.3, 0.4) is 0 Å². The van der Waals surface area contributed by atoms with Crippen LogP contribution in [0.15, 0.2) is 58.1 Å². The van der Waals surface area contributed by atoms with Crippen LogP contribution in [0.2, 0.25) is 0 Å². The number of aryl methyl sites for hydroxylation is 1. The molecule has 0 spiro atoms. The average molecular weight is 375 g/mol. The molecule has 0 saturated heterocycles. The predicted octanol–water partition coefficient (Wildman–Crippen LogP) is 3.93. The van der Waals surface area contributed by atoms with Crippen molar-refractivity contribution in [1.82, 2.24) is 5.43 Å². The maximum atomic E-state index is 12.0. The molecule has 0 aromatic heterocycles. The van der Waals surface area contributed by atoms with Gasteiger partial charge in [-0.2, -0.15) is 5.10 Å². The normalized spacial score (nSPS) is 12.1. The molecular formula is C18H19BrN2O2. The van der Waals surface area contributed by atoms with Crippen LogP contribution in [0.1, 0.15) is 25.0 Å². The third kappa shape index (κ3) is 5.53. The molecule has 0 heterocycles. The first kappa shape index (κ1) is 17.2. The van der Waals surface area contributed by atoms with Crippen molar-refractivity contribution in [3.63, 3.8) is 0 Å². The standard InChI is InChI=1S/C18H19BrN2O2/c1-3-14-7-9-17(10-8-14)23-13(2)18(22)21-20-12-15-5-4-6-16(19)11-15/h4-13H,3H2,1-2H3,(H,21,22). The molecule has 2 aromatic carbocycles. The van der Waals surface area contributed by atoms with E-state index in [0.29, 0.717) is 5.75 Å². The number of nitrogens with zero attached hydrogens (tertiary/aromatic N) is 1. The lowest BCUT2D eigenvalue weighted by molar-refractivity contribution is -0.127. The van der Waals surface area contributed by atoms with E-state index < -0.39 is 6.10 Å². The van der Waals surface area contributed by atoms with E-state index in [-0.39, 0.29) is 5.91 Å². The van der Waals surface area contributed by atoms with Gasteiger partial charge in [-0.1, -0.05) is 47.1 Å². The van der Waals surface area contributed by atoms with Gasteiger partial charge in [-0.05, 0) is 48.7 Å². The van der Waals surface area contributed by atoms with Gasteiger partial charge in [0, 0.05) is 4.47 Å². The van der Waals surface area contributed by atoms with E-state index >= 15 is 0 Å². The van der Waals surface area contributed by atoms with E-state index in [2.05, 4.69) is 33.4 Å². The van der Waals surface area contributed by atoms with Crippen molar-refractivity contribution in [3.05, 3.63) is 64.1 Å². The molecule has 0 aliphatic heterocycles. The first-order valence-corrected chi connectivity index (χ1v) is 8.22. The average Bonchev–Trinajstić information content (AvgIpc) is 2.55. The second-order valence-corrected chi connectivity index (χ2v) is 5.96. The van der Waals surface area contributed by atoms with Gasteiger partial charge in [-0.25, -0.2) is 5.43 Å². The molecule has 1 amide bonds. The lowest BCUT2D eigenvalue weighted by Gasteiger charge is -2.13. The quantitative estimate of drug-likeness (QED) is 0.615. The van der Waals surface area contributed by atoms with E-state index in [1.165, 1.54) is 5.56 Å². The van der Waals surface area contributed by atoms with Gasteiger partial charge in [0.25, 0.3) is 5.91 Å². The first-order valence-electron chi connectivity index (χ1n) is 7.42. The molecule has 0 saturated carbocycles. The fourth-order valence-electron chi connectivity index (χ4n) is 1.91. The van der Waals surface area contributed by atoms with Crippen LogP contribution in [0, 0.1) is 0 Å². The number of carbonyl (C=O) groups is 1. The molecule has 1 atom stereocenters. The van der Waals surface area contributed by atoms with Gasteiger partial charge in [0.05, 0.1) is 6.21 Å². The number of rotatable bonds is 6. The van der Waals surface area contributed by atoms with Crippen molar-refractivity contribution in [2.75, 3.05) is 0 Å². The van der Waals surface area contributed by atoms with Gasteiger partial charge < -0.3 is 4.74 Å². The number of hydrazone groups is 1. The number of ether oxygens (including phenoxy) is 1. The number of hydrogen-bond donors (Lipinski definition) is 1. The summed E-state index contributed by atoms with van der Waals surface area (Å²) >= 11 is 3.38. The molecule has 0 radical (unpaired) electrons. The molecule has 0 fully saturated rings. The fourth-order valence-corrected chi connectivity index (χ4v) is 2.33. The predicted molar refractivity (Wildman–Crippen MR) is 95.8 cm³/mol. The highest BCUT2D eigenvalue weighted by molar-refractivity contribution is 9.10. The summed E-state index contributed by atoms with van der Waals surface area (Å²) < 4.78 is 6.56. The van der Waals surface area contributed by atoms with Crippen LogP contribution in [0.25, 0.3) is 0 Å². The largest absolute Gasteiger partial charge is 0.481 e. The summed E-state index contributed by atoms with van der Waals surface area (Å²) in [6.45, 7) is 3.78. The van der Waals surface area contributed by atoms with Crippen LogP contribution in [0.4, 0.5) is 0 Å². The topological polar surface area (TPSA) is 50.7 Å². The first-order chi connectivity index (χ1) is 11.1. The Morgan fingerprint density at radius 3 is 2.70 bits per heavy atom. The van der Waals surface area contributed by atoms with E-state index in [9.17, 15) is 4.79 Å². The highest BCUT2D eigenvalue weighted by atomic mass is 79.9. The van der Waals surface area contributed by atoms with Crippen LogP contribution < -0.4 is 10.2 Å². The van der Waals surface area contributed by atoms with Crippen LogP contribution in [0.5, 0.6) is 5.75 Å². The Bertz CT molecular complexity index is 684. The number of nitrogens with one attached hydrogen (secondary N) is 1. The van der Waals surface area contributed by atoms with E-state index in [1.807, 2.05) is 48.5 Å². The highest BCUT2D eigenvalue weighted by Crippen LogP contribution is 2.14. The summed E-state index contributed by atoms with van der Waals surface area (Å²) in [5.74, 6) is 0.372. The Morgan fingerprint density at radius 1 is 1.30 bits per heavy atom. The van der Waals surface area contributed by atoms with Gasteiger partial charge in [-0.3, -0.25) is 4.79 Å². The van der Waals surface area contributed by atoms with Crippen molar-refractivity contribution in [2.45, 2.75) is 26.4 Å². The second-order valence-electron chi connectivity index (χ2n) is 5.05. The van der Waals surface area contributed by atoms with Gasteiger partial charge in [0.2, 0.25) is 0 Å². The van der Waals surface area contributed by atoms with Crippen molar-refractivity contribution in [3.8, 4) is 5.75 Å². The Hall–Kier alpha value is -2.14. The van der Waals surface area contributed by atoms with Crippen LogP contribution in [-0.2, 0) is 11.2 Å². The smallest absolute Gasteiger partial charge is 0.280 e. The zero-order valence-electron chi connectivity index (χ0n) is 13.1. The summed E-state index contributed by atoms with van der Waals surface area (Å²) in [7, 11) is 0. The molecular weight excluding hydrogens is 356 g/mol. The third-order valence-corrected chi connectivity index (χ3v) is 3.74. The van der Waals surface area contributed by atoms with Gasteiger partial charge >= 0.3 is 0 Å². The molecule has 1 N–H and O–H groups in total. The minimum atomic E-state index is -0.623. The Labute approximate surface area is 144 Å². The zero-order chi connectivity index (χ0) is 16.7. The summed E-state index contributed by atoms with van der Waals surface area (Å²) in [4.78, 5) is 12.0. The van der Waals surface area contributed by atoms with E-state index in [4.69, 9.17) is 4.74 Å². The summed E-state index contributed by atoms with van der Waals surface area (Å²) in [5, 5.41) is 3.95. The van der Waals surface area contributed by atoms with Crippen molar-refractivity contribution in [1.29, 1.82) is 0 Å². The molecule has 5 heteroatoms. The van der Waals surface area contributed by atoms with Crippen molar-refractivity contribution >= 4 is 28.1 Å². The molecule has 0 bridgehead atoms. The number of benzene rings is 2. The molecule has 0 aliphatic carbocycles. The van der Waals surface area contributed by atoms with Crippen LogP contribution in [-0.4, -0.2) is 18.2 Å². The SMILES string of the molecule is CCc1ccc(OC(C)C(=O)NN=Cc2cccc(Br)c2)cc1. The van der Waals surface area contributed by atoms with Crippen molar-refractivity contribution < 1.29 is 9.53 Å². The number of amides is 1. The number of hydrogen-bond acceptors (Lipinski definition) is 3. The summed E-state index contributed by atoms with van der Waals surface area (Å²) in [6.07, 6.45) is 1.94. The molecule has 23 heavy (non-hydrogen) atoms. The monoisotopic (exact) mass is 374 g/mol. The summed E-state index contributed by atoms with van der Waals surface area (Å²) in [5.41, 5.74) is 4.61. The molecule has 0 aliphatic rings. The molecule has 2 rings (SSSR count). The zero-order valence-corrected chi connectivity index (χ0v) is 14.7. The Morgan fingerprint density at radius 2 is 2.04 bits per heavy atom. The molecule has 4 nitrogen and oxygen atoms in total. The summed E-state index contributed by atoms with van der Waals surface area (Å²) in [6, 6.07) is 15.4. The van der Waals surface area contributed by atoms with Gasteiger partial charge in [0.1, 0.15) is 5.75 Å². The highest BCUT2D eigenvalue weighted by Gasteiger charge is 2.13. The minimum Gasteiger partial charge on any atom is -0.481 e. The molecule has 2 aromatic rings. The van der Waals surface area contributed by atoms with Crippen molar-refractivity contribution in [2.24, 2.45) is 5.10 Å². The number of halogens is 1. The lowest BCUT2D eigenvalue weighted by Crippen LogP contribution is -2.33. The number of carbonyl (C=O) groups excluding carboxylic acids is 1. The Kier molecular flexibility index (Phi) is 6.35. The third-order valence-electron chi connectivity index (χ3n) is 3.25. The van der Waals surface area contributed by atoms with Gasteiger partial charge in [-0.15, -0.1) is 0 Å². The lowest BCUT2D eigenvalue weighted by atomic mass is 10.2. The van der Waals surface area contributed by atoms with E-state index in [1.54, 1.807) is 13.1 Å². The molecule has 1 unspecified atom stereocenters. The maximum Gasteiger partial charge on any atom is 0.280 e. The minimum absolute atomic E-state index is 0.296.